The maximum Gasteiger partial charge on any atom is 0.271 e. The van der Waals surface area contributed by atoms with Crippen LogP contribution in [-0.4, -0.2) is 19.4 Å². The second kappa shape index (κ2) is 5.98. The summed E-state index contributed by atoms with van der Waals surface area (Å²) in [4.78, 5) is 9.81. The Kier molecular flexibility index (Phi) is 4.84. The summed E-state index contributed by atoms with van der Waals surface area (Å²) in [6.07, 6.45) is 1.31. The fraction of sp³-hybridized carbons (Fsp3) is 0.455. The molecule has 0 aliphatic heterocycles. The highest BCUT2D eigenvalue weighted by atomic mass is 32.2. The molecule has 0 aliphatic rings. The van der Waals surface area contributed by atoms with Crippen LogP contribution in [0.4, 0.5) is 11.4 Å². The highest BCUT2D eigenvalue weighted by Crippen LogP contribution is 2.24. The van der Waals surface area contributed by atoms with Crippen molar-refractivity contribution in [2.24, 2.45) is 0 Å². The van der Waals surface area contributed by atoms with E-state index in [1.54, 1.807) is 0 Å². The molecule has 0 saturated heterocycles. The van der Waals surface area contributed by atoms with Crippen LogP contribution in [0.5, 0.6) is 0 Å². The molecule has 0 fully saturated rings. The molecule has 0 atom stereocenters. The normalized spacial score (nSPS) is 11.7. The quantitative estimate of drug-likeness (QED) is 0.469. The van der Waals surface area contributed by atoms with E-state index in [1.165, 1.54) is 0 Å². The number of nitrogens with two attached hydrogens (primary N) is 1. The first kappa shape index (κ1) is 15.4. The first-order chi connectivity index (χ1) is 8.81. The Bertz CT molecular complexity index is 567. The van der Waals surface area contributed by atoms with Gasteiger partial charge < -0.3 is 5.73 Å². The predicted molar refractivity (Wildman–Crippen MR) is 72.2 cm³/mol. The Hall–Kier alpha value is -1.67. The minimum Gasteiger partial charge on any atom is -0.397 e. The summed E-state index contributed by atoms with van der Waals surface area (Å²) in [5.41, 5.74) is 5.21. The van der Waals surface area contributed by atoms with Gasteiger partial charge in [-0.2, -0.15) is 0 Å². The molecule has 0 saturated carbocycles. The monoisotopic (exact) mass is 287 g/mol. The third-order valence-electron chi connectivity index (χ3n) is 2.80. The first-order valence-corrected chi connectivity index (χ1v) is 7.36. The number of hydrogen-bond donors (Lipinski definition) is 2. The summed E-state index contributed by atoms with van der Waals surface area (Å²) in [5, 5.41) is 10.6. The van der Waals surface area contributed by atoms with Crippen molar-refractivity contribution in [3.05, 3.63) is 28.3 Å². The summed E-state index contributed by atoms with van der Waals surface area (Å²) >= 11 is 0. The molecule has 1 aromatic carbocycles. The van der Waals surface area contributed by atoms with Crippen LogP contribution in [0, 0.1) is 10.1 Å². The van der Waals surface area contributed by atoms with Crippen LogP contribution in [0.25, 0.3) is 0 Å². The van der Waals surface area contributed by atoms with Gasteiger partial charge in [0.1, 0.15) is 4.90 Å². The Morgan fingerprint density at radius 1 is 1.37 bits per heavy atom. The largest absolute Gasteiger partial charge is 0.397 e. The van der Waals surface area contributed by atoms with E-state index < -0.39 is 14.9 Å². The molecule has 0 radical (unpaired) electrons. The highest BCUT2D eigenvalue weighted by Gasteiger charge is 2.22. The minimum atomic E-state index is -3.75. The summed E-state index contributed by atoms with van der Waals surface area (Å²) in [5.74, 6) is 0. The zero-order valence-corrected chi connectivity index (χ0v) is 11.6. The van der Waals surface area contributed by atoms with Gasteiger partial charge in [0.05, 0.1) is 10.6 Å². The summed E-state index contributed by atoms with van der Waals surface area (Å²) < 4.78 is 26.7. The Morgan fingerprint density at radius 2 is 1.95 bits per heavy atom. The van der Waals surface area contributed by atoms with Crippen LogP contribution in [0.1, 0.15) is 26.7 Å². The molecule has 106 valence electrons. The number of nitrogen functional groups attached to an aromatic ring is 1. The lowest BCUT2D eigenvalue weighted by Crippen LogP contribution is -2.34. The van der Waals surface area contributed by atoms with Crippen LogP contribution in [0.15, 0.2) is 23.1 Å². The zero-order valence-electron chi connectivity index (χ0n) is 10.8. The minimum absolute atomic E-state index is 0.132. The molecule has 0 aromatic heterocycles. The molecule has 3 N–H and O–H groups in total. The lowest BCUT2D eigenvalue weighted by atomic mass is 10.2. The molecule has 0 bridgehead atoms. The van der Waals surface area contributed by atoms with Crippen molar-refractivity contribution in [3.63, 3.8) is 0 Å². The van der Waals surface area contributed by atoms with E-state index in [0.717, 1.165) is 18.2 Å². The van der Waals surface area contributed by atoms with Gasteiger partial charge in [0.15, 0.2) is 0 Å². The molecule has 0 spiro atoms. The number of hydrogen-bond acceptors (Lipinski definition) is 5. The second-order valence-corrected chi connectivity index (χ2v) is 5.80. The SMILES string of the molecule is CCC(CC)NS(=O)(=O)c1ccc([N+](=O)[O-])cc1N. The highest BCUT2D eigenvalue weighted by molar-refractivity contribution is 7.89. The van der Waals surface area contributed by atoms with Crippen molar-refractivity contribution in [2.75, 3.05) is 5.73 Å². The van der Waals surface area contributed by atoms with Crippen LogP contribution in [0.2, 0.25) is 0 Å². The smallest absolute Gasteiger partial charge is 0.271 e. The van der Waals surface area contributed by atoms with Gasteiger partial charge in [-0.15, -0.1) is 0 Å². The van der Waals surface area contributed by atoms with Gasteiger partial charge >= 0.3 is 0 Å². The van der Waals surface area contributed by atoms with Crippen molar-refractivity contribution in [2.45, 2.75) is 37.6 Å². The number of nitro benzene ring substituents is 1. The Labute approximate surface area is 112 Å². The fourth-order valence-electron chi connectivity index (χ4n) is 1.63. The lowest BCUT2D eigenvalue weighted by molar-refractivity contribution is -0.384. The number of sulfonamides is 1. The van der Waals surface area contributed by atoms with Crippen molar-refractivity contribution >= 4 is 21.4 Å². The van der Waals surface area contributed by atoms with Gasteiger partial charge in [0, 0.05) is 18.2 Å². The number of benzene rings is 1. The average Bonchev–Trinajstić information content (AvgIpc) is 2.35. The zero-order chi connectivity index (χ0) is 14.6. The van der Waals surface area contributed by atoms with Crippen LogP contribution in [-0.2, 0) is 10.0 Å². The number of rotatable bonds is 6. The molecule has 0 amide bonds. The number of nitro groups is 1. The fourth-order valence-corrected chi connectivity index (χ4v) is 3.15. The van der Waals surface area contributed by atoms with E-state index in [2.05, 4.69) is 4.72 Å². The number of nitrogens with one attached hydrogen (secondary N) is 1. The number of nitrogens with zero attached hydrogens (tertiary/aromatic N) is 1. The Balaban J connectivity index is 3.12. The number of anilines is 1. The predicted octanol–water partition coefficient (Wildman–Crippen LogP) is 1.64. The average molecular weight is 287 g/mol. The van der Waals surface area contributed by atoms with E-state index in [0.29, 0.717) is 12.8 Å². The summed E-state index contributed by atoms with van der Waals surface area (Å²) in [7, 11) is -3.75. The molecule has 7 nitrogen and oxygen atoms in total. The number of non-ortho nitro benzene ring substituents is 1. The molecule has 19 heavy (non-hydrogen) atoms. The van der Waals surface area contributed by atoms with Crippen LogP contribution < -0.4 is 10.5 Å². The Morgan fingerprint density at radius 3 is 2.37 bits per heavy atom. The van der Waals surface area contributed by atoms with Gasteiger partial charge in [0.2, 0.25) is 10.0 Å². The van der Waals surface area contributed by atoms with Gasteiger partial charge in [-0.1, -0.05) is 13.8 Å². The van der Waals surface area contributed by atoms with Crippen molar-refractivity contribution in [1.29, 1.82) is 0 Å². The molecule has 0 aliphatic carbocycles. The van der Waals surface area contributed by atoms with E-state index >= 15 is 0 Å². The second-order valence-electron chi connectivity index (χ2n) is 4.11. The van der Waals surface area contributed by atoms with Gasteiger partial charge in [-0.05, 0) is 18.9 Å². The standard InChI is InChI=1S/C11H17N3O4S/c1-3-8(4-2)13-19(17,18)11-6-5-9(14(15)16)7-10(11)12/h5-8,13H,3-4,12H2,1-2H3. The van der Waals surface area contributed by atoms with Crippen molar-refractivity contribution < 1.29 is 13.3 Å². The molecule has 0 unspecified atom stereocenters. The van der Waals surface area contributed by atoms with E-state index in [1.807, 2.05) is 13.8 Å². The van der Waals surface area contributed by atoms with E-state index in [4.69, 9.17) is 5.73 Å². The first-order valence-electron chi connectivity index (χ1n) is 5.88. The maximum atomic E-state index is 12.1. The van der Waals surface area contributed by atoms with E-state index in [-0.39, 0.29) is 22.3 Å². The van der Waals surface area contributed by atoms with Crippen LogP contribution >= 0.6 is 0 Å². The molecular formula is C11H17N3O4S. The third-order valence-corrected chi connectivity index (χ3v) is 4.40. The van der Waals surface area contributed by atoms with Crippen LogP contribution in [0.3, 0.4) is 0 Å². The molecule has 1 rings (SSSR count). The van der Waals surface area contributed by atoms with Gasteiger partial charge in [0.25, 0.3) is 5.69 Å². The molecule has 0 heterocycles. The van der Waals surface area contributed by atoms with Gasteiger partial charge in [-0.3, -0.25) is 10.1 Å². The van der Waals surface area contributed by atoms with Crippen molar-refractivity contribution in [1.82, 2.24) is 4.72 Å². The summed E-state index contributed by atoms with van der Waals surface area (Å²) in [6, 6.07) is 3.14. The lowest BCUT2D eigenvalue weighted by Gasteiger charge is -2.15. The maximum absolute atomic E-state index is 12.1. The molecule has 8 heteroatoms. The van der Waals surface area contributed by atoms with Crippen molar-refractivity contribution in [3.8, 4) is 0 Å². The van der Waals surface area contributed by atoms with Gasteiger partial charge in [-0.25, -0.2) is 13.1 Å². The summed E-state index contributed by atoms with van der Waals surface area (Å²) in [6.45, 7) is 3.74. The molecule has 1 aromatic rings. The molecular weight excluding hydrogens is 270 g/mol. The van der Waals surface area contributed by atoms with E-state index in [9.17, 15) is 18.5 Å². The topological polar surface area (TPSA) is 115 Å². The third kappa shape index (κ3) is 3.65.